The molecule has 4 rings (SSSR count). The Morgan fingerprint density at radius 1 is 1.22 bits per heavy atom. The van der Waals surface area contributed by atoms with Crippen LogP contribution >= 0.6 is 11.6 Å². The molecule has 32 heavy (non-hydrogen) atoms. The minimum Gasteiger partial charge on any atom is -0.355 e. The number of rotatable bonds is 4. The van der Waals surface area contributed by atoms with E-state index >= 15 is 0 Å². The van der Waals surface area contributed by atoms with Crippen LogP contribution in [0.3, 0.4) is 0 Å². The summed E-state index contributed by atoms with van der Waals surface area (Å²) < 4.78 is 40.0. The van der Waals surface area contributed by atoms with Gasteiger partial charge in [-0.1, -0.05) is 23.7 Å². The molecule has 0 saturated carbocycles. The number of tetrazole rings is 1. The molecule has 0 aliphatic carbocycles. The van der Waals surface area contributed by atoms with E-state index in [1.807, 2.05) is 6.07 Å². The van der Waals surface area contributed by atoms with Gasteiger partial charge in [0.25, 0.3) is 0 Å². The lowest BCUT2D eigenvalue weighted by Crippen LogP contribution is -2.38. The van der Waals surface area contributed by atoms with E-state index in [1.165, 1.54) is 4.68 Å². The van der Waals surface area contributed by atoms with Crippen LogP contribution in [0.25, 0.3) is 11.4 Å². The Bertz CT molecular complexity index is 1130. The first-order valence-electron chi connectivity index (χ1n) is 9.83. The average molecular weight is 466 g/mol. The summed E-state index contributed by atoms with van der Waals surface area (Å²) in [6.07, 6.45) is -2.67. The van der Waals surface area contributed by atoms with Gasteiger partial charge in [0.1, 0.15) is 5.82 Å². The second-order valence-corrected chi connectivity index (χ2v) is 7.89. The van der Waals surface area contributed by atoms with Crippen LogP contribution in [0.5, 0.6) is 0 Å². The van der Waals surface area contributed by atoms with Crippen molar-refractivity contribution in [3.8, 4) is 11.4 Å². The van der Waals surface area contributed by atoms with E-state index in [2.05, 4.69) is 25.8 Å². The molecule has 1 amide bonds. The van der Waals surface area contributed by atoms with Crippen LogP contribution in [-0.4, -0.2) is 44.2 Å². The van der Waals surface area contributed by atoms with Gasteiger partial charge in [0, 0.05) is 43.5 Å². The van der Waals surface area contributed by atoms with E-state index in [4.69, 9.17) is 11.6 Å². The fraction of sp³-hybridized carbons (Fsp3) is 0.350. The number of aryl methyl sites for hydroxylation is 1. The highest BCUT2D eigenvalue weighted by Crippen LogP contribution is 2.34. The van der Waals surface area contributed by atoms with Crippen molar-refractivity contribution in [2.75, 3.05) is 23.3 Å². The molecular weight excluding hydrogens is 447 g/mol. The highest BCUT2D eigenvalue weighted by Gasteiger charge is 2.33. The van der Waals surface area contributed by atoms with Crippen LogP contribution < -0.4 is 10.2 Å². The second kappa shape index (κ2) is 8.73. The Morgan fingerprint density at radius 2 is 1.97 bits per heavy atom. The molecule has 0 spiro atoms. The molecule has 2 aromatic heterocycles. The summed E-state index contributed by atoms with van der Waals surface area (Å²) >= 11 is 6.04. The Morgan fingerprint density at radius 3 is 2.59 bits per heavy atom. The van der Waals surface area contributed by atoms with E-state index in [9.17, 15) is 18.0 Å². The molecule has 1 aliphatic rings. The normalized spacial score (nSPS) is 15.1. The van der Waals surface area contributed by atoms with Crippen LogP contribution in [0.2, 0.25) is 5.02 Å². The quantitative estimate of drug-likeness (QED) is 0.630. The van der Waals surface area contributed by atoms with E-state index in [-0.39, 0.29) is 16.8 Å². The summed E-state index contributed by atoms with van der Waals surface area (Å²) in [5.41, 5.74) is 0.512. The zero-order chi connectivity index (χ0) is 22.9. The first-order valence-corrected chi connectivity index (χ1v) is 10.2. The van der Waals surface area contributed by atoms with Gasteiger partial charge in [-0.2, -0.15) is 13.2 Å². The lowest BCUT2D eigenvalue weighted by Gasteiger charge is -2.32. The number of aromatic nitrogens is 5. The number of anilines is 2. The number of halogens is 4. The maximum atomic E-state index is 12.8. The van der Waals surface area contributed by atoms with Gasteiger partial charge >= 0.3 is 6.18 Å². The Hall–Kier alpha value is -3.21. The van der Waals surface area contributed by atoms with Gasteiger partial charge in [0.05, 0.1) is 10.6 Å². The van der Waals surface area contributed by atoms with Gasteiger partial charge in [-0.15, -0.1) is 5.10 Å². The van der Waals surface area contributed by atoms with Gasteiger partial charge in [0.2, 0.25) is 5.91 Å². The van der Waals surface area contributed by atoms with Gasteiger partial charge in [0.15, 0.2) is 5.82 Å². The summed E-state index contributed by atoms with van der Waals surface area (Å²) in [5, 5.41) is 14.3. The molecule has 1 saturated heterocycles. The van der Waals surface area contributed by atoms with Crippen molar-refractivity contribution in [3.63, 3.8) is 0 Å². The summed E-state index contributed by atoms with van der Waals surface area (Å²) in [5.74, 6) is 0.517. The number of piperidine rings is 1. The number of nitrogens with zero attached hydrogens (tertiary/aromatic N) is 6. The predicted octanol–water partition coefficient (Wildman–Crippen LogP) is 3.80. The van der Waals surface area contributed by atoms with Gasteiger partial charge in [-0.05, 0) is 41.5 Å². The highest BCUT2D eigenvalue weighted by molar-refractivity contribution is 6.33. The van der Waals surface area contributed by atoms with Gasteiger partial charge < -0.3 is 10.2 Å². The van der Waals surface area contributed by atoms with Crippen molar-refractivity contribution in [1.82, 2.24) is 25.2 Å². The van der Waals surface area contributed by atoms with Crippen LogP contribution in [0, 0.1) is 5.92 Å². The number of benzene rings is 1. The molecule has 0 bridgehead atoms. The molecule has 8 nitrogen and oxygen atoms in total. The van der Waals surface area contributed by atoms with Crippen molar-refractivity contribution in [1.29, 1.82) is 0 Å². The molecule has 3 aromatic rings. The first kappa shape index (κ1) is 22.0. The molecule has 0 atom stereocenters. The number of carbonyl (C=O) groups is 1. The minimum atomic E-state index is -4.50. The number of hydrogen-bond donors (Lipinski definition) is 1. The summed E-state index contributed by atoms with van der Waals surface area (Å²) in [6.45, 7) is 0.918. The number of pyridine rings is 1. The fourth-order valence-electron chi connectivity index (χ4n) is 3.63. The largest absolute Gasteiger partial charge is 0.417 e. The van der Waals surface area contributed by atoms with Crippen molar-refractivity contribution in [2.45, 2.75) is 19.0 Å². The van der Waals surface area contributed by atoms with Crippen LogP contribution in [-0.2, 0) is 18.0 Å². The molecule has 3 heterocycles. The Kier molecular flexibility index (Phi) is 6.00. The first-order chi connectivity index (χ1) is 15.2. The summed E-state index contributed by atoms with van der Waals surface area (Å²) in [7, 11) is 1.73. The maximum Gasteiger partial charge on any atom is 0.417 e. The zero-order valence-electron chi connectivity index (χ0n) is 17.0. The standard InChI is InChI=1S/C20H19ClF3N7O/c1-30-17(27-28-29-30)13-3-2-4-15(9-13)26-19(32)12-5-7-31(8-6-12)18-16(21)10-14(11-25-18)20(22,23)24/h2-4,9-12H,5-8H2,1H3,(H,26,32). The number of amides is 1. The molecule has 1 N–H and O–H groups in total. The summed E-state index contributed by atoms with van der Waals surface area (Å²) in [6, 6.07) is 8.11. The third-order valence-electron chi connectivity index (χ3n) is 5.32. The zero-order valence-corrected chi connectivity index (χ0v) is 17.7. The van der Waals surface area contributed by atoms with Crippen LogP contribution in [0.4, 0.5) is 24.7 Å². The number of hydrogen-bond acceptors (Lipinski definition) is 6. The van der Waals surface area contributed by atoms with Crippen molar-refractivity contribution in [3.05, 3.63) is 47.1 Å². The van der Waals surface area contributed by atoms with Crippen molar-refractivity contribution >= 4 is 29.0 Å². The lowest BCUT2D eigenvalue weighted by atomic mass is 9.95. The Balaban J connectivity index is 1.38. The van der Waals surface area contributed by atoms with Gasteiger partial charge in [-0.3, -0.25) is 4.79 Å². The fourth-order valence-corrected chi connectivity index (χ4v) is 3.91. The second-order valence-electron chi connectivity index (χ2n) is 7.48. The number of alkyl halides is 3. The molecule has 0 unspecified atom stereocenters. The maximum absolute atomic E-state index is 12.8. The Labute approximate surface area is 186 Å². The molecule has 1 fully saturated rings. The monoisotopic (exact) mass is 465 g/mol. The van der Waals surface area contributed by atoms with Gasteiger partial charge in [-0.25, -0.2) is 9.67 Å². The summed E-state index contributed by atoms with van der Waals surface area (Å²) in [4.78, 5) is 18.5. The molecule has 0 radical (unpaired) electrons. The third kappa shape index (κ3) is 4.67. The molecule has 12 heteroatoms. The topological polar surface area (TPSA) is 88.8 Å². The van der Waals surface area contributed by atoms with Crippen molar-refractivity contribution in [2.24, 2.45) is 13.0 Å². The number of carbonyl (C=O) groups excluding carboxylic acids is 1. The minimum absolute atomic E-state index is 0.0576. The molecule has 1 aromatic carbocycles. The molecule has 1 aliphatic heterocycles. The van der Waals surface area contributed by atoms with E-state index in [0.29, 0.717) is 43.3 Å². The number of nitrogens with one attached hydrogen (secondary N) is 1. The molecule has 168 valence electrons. The van der Waals surface area contributed by atoms with Crippen molar-refractivity contribution < 1.29 is 18.0 Å². The van der Waals surface area contributed by atoms with E-state index < -0.39 is 11.7 Å². The SMILES string of the molecule is Cn1nnnc1-c1cccc(NC(=O)C2CCN(c3ncc(C(F)(F)F)cc3Cl)CC2)c1. The van der Waals surface area contributed by atoms with Crippen LogP contribution in [0.1, 0.15) is 18.4 Å². The van der Waals surface area contributed by atoms with Crippen LogP contribution in [0.15, 0.2) is 36.5 Å². The predicted molar refractivity (Wildman–Crippen MR) is 112 cm³/mol. The average Bonchev–Trinajstić information content (AvgIpc) is 3.19. The third-order valence-corrected chi connectivity index (χ3v) is 5.60. The highest BCUT2D eigenvalue weighted by atomic mass is 35.5. The smallest absolute Gasteiger partial charge is 0.355 e. The molecular formula is C20H19ClF3N7O. The van der Waals surface area contributed by atoms with E-state index in [0.717, 1.165) is 17.8 Å². The lowest BCUT2D eigenvalue weighted by molar-refractivity contribution is -0.137. The van der Waals surface area contributed by atoms with E-state index in [1.54, 1.807) is 30.1 Å².